The summed E-state index contributed by atoms with van der Waals surface area (Å²) >= 11 is 0. The van der Waals surface area contributed by atoms with Gasteiger partial charge in [0.15, 0.2) is 0 Å². The molecular formula is C16H24O. The van der Waals surface area contributed by atoms with Crippen molar-refractivity contribution in [2.24, 2.45) is 0 Å². The summed E-state index contributed by atoms with van der Waals surface area (Å²) < 4.78 is 6.30. The van der Waals surface area contributed by atoms with Gasteiger partial charge >= 0.3 is 0 Å². The maximum Gasteiger partial charge on any atom is 0.120 e. The zero-order valence-electron chi connectivity index (χ0n) is 11.3. The van der Waals surface area contributed by atoms with Gasteiger partial charge in [-0.15, -0.1) is 0 Å². The maximum atomic E-state index is 6.30. The molecule has 1 aliphatic carbocycles. The molecule has 94 valence electrons. The Morgan fingerprint density at radius 2 is 1.94 bits per heavy atom. The fraction of sp³-hybridized carbons (Fsp3) is 0.625. The molecule has 0 aromatic heterocycles. The number of hydrogen-bond acceptors (Lipinski definition) is 1. The number of ether oxygens (including phenoxy) is 1. The summed E-state index contributed by atoms with van der Waals surface area (Å²) in [5.74, 6) is 1.62. The number of benzene rings is 1. The van der Waals surface area contributed by atoms with Crippen LogP contribution >= 0.6 is 0 Å². The van der Waals surface area contributed by atoms with Crippen molar-refractivity contribution in [3.8, 4) is 5.75 Å². The Morgan fingerprint density at radius 1 is 1.24 bits per heavy atom. The van der Waals surface area contributed by atoms with Crippen molar-refractivity contribution >= 4 is 0 Å². The van der Waals surface area contributed by atoms with Gasteiger partial charge in [0.25, 0.3) is 0 Å². The van der Waals surface area contributed by atoms with Gasteiger partial charge in [0, 0.05) is 0 Å². The maximum absolute atomic E-state index is 6.30. The summed E-state index contributed by atoms with van der Waals surface area (Å²) in [7, 11) is 0. The largest absolute Gasteiger partial charge is 0.487 e. The lowest BCUT2D eigenvalue weighted by Gasteiger charge is -2.29. The molecule has 0 amide bonds. The highest BCUT2D eigenvalue weighted by Crippen LogP contribution is 2.37. The van der Waals surface area contributed by atoms with Crippen LogP contribution < -0.4 is 4.74 Å². The topological polar surface area (TPSA) is 9.23 Å². The van der Waals surface area contributed by atoms with E-state index in [0.29, 0.717) is 5.92 Å². The van der Waals surface area contributed by atoms with Crippen LogP contribution in [0.15, 0.2) is 24.3 Å². The van der Waals surface area contributed by atoms with Gasteiger partial charge in [0.05, 0.1) is 0 Å². The molecule has 1 heteroatoms. The van der Waals surface area contributed by atoms with E-state index in [4.69, 9.17) is 4.74 Å². The molecule has 0 atom stereocenters. The third-order valence-corrected chi connectivity index (χ3v) is 4.02. The van der Waals surface area contributed by atoms with E-state index < -0.39 is 0 Å². The molecule has 0 heterocycles. The predicted octanol–water partition coefficient (Wildman–Crippen LogP) is 4.91. The van der Waals surface area contributed by atoms with E-state index in [9.17, 15) is 0 Å². The average Bonchev–Trinajstić information content (AvgIpc) is 2.78. The number of rotatable bonds is 4. The van der Waals surface area contributed by atoms with Gasteiger partial charge in [-0.05, 0) is 55.7 Å². The first-order valence-corrected chi connectivity index (χ1v) is 6.94. The molecule has 0 radical (unpaired) electrons. The van der Waals surface area contributed by atoms with Crippen molar-refractivity contribution in [3.05, 3.63) is 29.8 Å². The Labute approximate surface area is 105 Å². The molecule has 0 unspecified atom stereocenters. The van der Waals surface area contributed by atoms with E-state index in [-0.39, 0.29) is 5.60 Å². The van der Waals surface area contributed by atoms with Crippen molar-refractivity contribution in [1.82, 2.24) is 0 Å². The van der Waals surface area contributed by atoms with Crippen molar-refractivity contribution < 1.29 is 4.74 Å². The first kappa shape index (κ1) is 12.5. The molecule has 0 aliphatic heterocycles. The predicted molar refractivity (Wildman–Crippen MR) is 72.6 cm³/mol. The molecule has 17 heavy (non-hydrogen) atoms. The highest BCUT2D eigenvalue weighted by atomic mass is 16.5. The van der Waals surface area contributed by atoms with E-state index in [1.54, 1.807) is 0 Å². The highest BCUT2D eigenvalue weighted by Gasteiger charge is 2.34. The van der Waals surface area contributed by atoms with E-state index >= 15 is 0 Å². The smallest absolute Gasteiger partial charge is 0.120 e. The van der Waals surface area contributed by atoms with Crippen LogP contribution in [-0.4, -0.2) is 5.60 Å². The molecule has 0 spiro atoms. The minimum Gasteiger partial charge on any atom is -0.487 e. The fourth-order valence-electron chi connectivity index (χ4n) is 2.73. The van der Waals surface area contributed by atoms with Crippen molar-refractivity contribution in [2.45, 2.75) is 64.4 Å². The lowest BCUT2D eigenvalue weighted by molar-refractivity contribution is 0.0719. The van der Waals surface area contributed by atoms with Crippen LogP contribution in [-0.2, 0) is 0 Å². The summed E-state index contributed by atoms with van der Waals surface area (Å²) in [6, 6.07) is 8.61. The van der Waals surface area contributed by atoms with Gasteiger partial charge < -0.3 is 4.74 Å². The molecule has 2 rings (SSSR count). The van der Waals surface area contributed by atoms with Crippen LogP contribution in [0, 0.1) is 0 Å². The third-order valence-electron chi connectivity index (χ3n) is 4.02. The molecule has 1 aromatic carbocycles. The molecule has 0 saturated heterocycles. The summed E-state index contributed by atoms with van der Waals surface area (Å²) in [5, 5.41) is 0. The minimum atomic E-state index is 0.121. The Bertz CT molecular complexity index is 362. The SMILES string of the molecule is CCC1(Oc2cccc(C(C)C)c2)CCCC1. The zero-order chi connectivity index (χ0) is 12.3. The summed E-state index contributed by atoms with van der Waals surface area (Å²) in [6.07, 6.45) is 6.19. The van der Waals surface area contributed by atoms with E-state index in [2.05, 4.69) is 45.0 Å². The zero-order valence-corrected chi connectivity index (χ0v) is 11.3. The molecule has 0 N–H and O–H groups in total. The van der Waals surface area contributed by atoms with Gasteiger partial charge in [0.1, 0.15) is 11.4 Å². The van der Waals surface area contributed by atoms with Crippen LogP contribution in [0.1, 0.15) is 64.4 Å². The second-order valence-corrected chi connectivity index (χ2v) is 5.57. The summed E-state index contributed by atoms with van der Waals surface area (Å²) in [4.78, 5) is 0. The Morgan fingerprint density at radius 3 is 2.53 bits per heavy atom. The molecule has 1 fully saturated rings. The highest BCUT2D eigenvalue weighted by molar-refractivity contribution is 5.31. The Hall–Kier alpha value is -0.980. The van der Waals surface area contributed by atoms with Crippen LogP contribution in [0.4, 0.5) is 0 Å². The van der Waals surface area contributed by atoms with E-state index in [1.807, 2.05) is 0 Å². The second kappa shape index (κ2) is 5.12. The quantitative estimate of drug-likeness (QED) is 0.716. The van der Waals surface area contributed by atoms with Gasteiger partial charge in [-0.1, -0.05) is 32.9 Å². The fourth-order valence-corrected chi connectivity index (χ4v) is 2.73. The first-order valence-electron chi connectivity index (χ1n) is 6.94. The van der Waals surface area contributed by atoms with E-state index in [1.165, 1.54) is 31.2 Å². The molecule has 0 bridgehead atoms. The van der Waals surface area contributed by atoms with Crippen molar-refractivity contribution in [1.29, 1.82) is 0 Å². The molecule has 1 nitrogen and oxygen atoms in total. The Balaban J connectivity index is 2.14. The standard InChI is InChI=1S/C16H24O/c1-4-16(10-5-6-11-16)17-15-9-7-8-14(12-15)13(2)3/h7-9,12-13H,4-6,10-11H2,1-3H3. The van der Waals surface area contributed by atoms with Gasteiger partial charge in [0.2, 0.25) is 0 Å². The van der Waals surface area contributed by atoms with Crippen molar-refractivity contribution in [3.63, 3.8) is 0 Å². The monoisotopic (exact) mass is 232 g/mol. The molecular weight excluding hydrogens is 208 g/mol. The van der Waals surface area contributed by atoms with Crippen LogP contribution in [0.3, 0.4) is 0 Å². The van der Waals surface area contributed by atoms with E-state index in [0.717, 1.165) is 12.2 Å². The van der Waals surface area contributed by atoms with Gasteiger partial charge in [-0.25, -0.2) is 0 Å². The normalized spacial score (nSPS) is 18.6. The van der Waals surface area contributed by atoms with Crippen LogP contribution in [0.25, 0.3) is 0 Å². The minimum absolute atomic E-state index is 0.121. The second-order valence-electron chi connectivity index (χ2n) is 5.57. The van der Waals surface area contributed by atoms with Gasteiger partial charge in [-0.3, -0.25) is 0 Å². The van der Waals surface area contributed by atoms with Crippen LogP contribution in [0.2, 0.25) is 0 Å². The third kappa shape index (κ3) is 2.83. The Kier molecular flexibility index (Phi) is 3.76. The lowest BCUT2D eigenvalue weighted by atomic mass is 9.98. The lowest BCUT2D eigenvalue weighted by Crippen LogP contribution is -2.31. The molecule has 1 saturated carbocycles. The average molecular weight is 232 g/mol. The summed E-state index contributed by atoms with van der Waals surface area (Å²) in [6.45, 7) is 6.70. The first-order chi connectivity index (χ1) is 8.15. The van der Waals surface area contributed by atoms with Gasteiger partial charge in [-0.2, -0.15) is 0 Å². The van der Waals surface area contributed by atoms with Crippen LogP contribution in [0.5, 0.6) is 5.75 Å². The molecule has 1 aliphatic rings. The molecule has 1 aromatic rings. The van der Waals surface area contributed by atoms with Crippen molar-refractivity contribution in [2.75, 3.05) is 0 Å². The number of hydrogen-bond donors (Lipinski definition) is 0. The summed E-state index contributed by atoms with van der Waals surface area (Å²) in [5.41, 5.74) is 1.49.